The van der Waals surface area contributed by atoms with Crippen molar-refractivity contribution in [2.24, 2.45) is 0 Å². The van der Waals surface area contributed by atoms with Crippen molar-refractivity contribution in [3.8, 4) is 40.2 Å². The second-order valence-corrected chi connectivity index (χ2v) is 10.2. The Morgan fingerprint density at radius 3 is 1.56 bits per heavy atom. The van der Waals surface area contributed by atoms with Gasteiger partial charge in [-0.05, 0) is 53.8 Å². The summed E-state index contributed by atoms with van der Waals surface area (Å²) >= 11 is 0. The van der Waals surface area contributed by atoms with Crippen molar-refractivity contribution in [1.82, 2.24) is 5.32 Å². The van der Waals surface area contributed by atoms with Crippen LogP contribution >= 0.6 is 0 Å². The average Bonchev–Trinajstić information content (AvgIpc) is 3.06. The fraction of sp³-hybridized carbons (Fsp3) is 0.314. The molecule has 1 N–H and O–H groups in total. The molecule has 4 aromatic carbocycles. The zero-order valence-corrected chi connectivity index (χ0v) is 25.4. The van der Waals surface area contributed by atoms with Crippen molar-refractivity contribution in [3.05, 3.63) is 101 Å². The van der Waals surface area contributed by atoms with E-state index in [9.17, 15) is 0 Å². The molecule has 0 aromatic heterocycles. The molecule has 0 saturated carbocycles. The molecular formula is C35H39NO7. The molecule has 1 unspecified atom stereocenters. The highest BCUT2D eigenvalue weighted by Gasteiger charge is 2.32. The van der Waals surface area contributed by atoms with Crippen LogP contribution in [0.15, 0.2) is 72.8 Å². The highest BCUT2D eigenvalue weighted by atomic mass is 16.6. The number of ether oxygens (including phenoxy) is 7. The van der Waals surface area contributed by atoms with Crippen molar-refractivity contribution >= 4 is 0 Å². The molecule has 0 saturated heterocycles. The Balaban J connectivity index is 1.54. The van der Waals surface area contributed by atoms with E-state index in [0.717, 1.165) is 41.0 Å². The van der Waals surface area contributed by atoms with Crippen molar-refractivity contribution < 1.29 is 33.2 Å². The molecule has 8 nitrogen and oxygen atoms in total. The molecule has 4 aromatic rings. The molecule has 0 aliphatic carbocycles. The maximum Gasteiger partial charge on any atom is 0.211 e. The van der Waals surface area contributed by atoms with E-state index in [2.05, 4.69) is 41.7 Å². The van der Waals surface area contributed by atoms with Gasteiger partial charge < -0.3 is 38.5 Å². The van der Waals surface area contributed by atoms with E-state index < -0.39 is 0 Å². The predicted molar refractivity (Wildman–Crippen MR) is 165 cm³/mol. The van der Waals surface area contributed by atoms with E-state index in [-0.39, 0.29) is 6.04 Å². The van der Waals surface area contributed by atoms with Gasteiger partial charge in [0, 0.05) is 11.6 Å². The third-order valence-electron chi connectivity index (χ3n) is 7.64. The lowest BCUT2D eigenvalue weighted by Gasteiger charge is -2.30. The van der Waals surface area contributed by atoms with Crippen molar-refractivity contribution in [2.45, 2.75) is 32.1 Å². The lowest BCUT2D eigenvalue weighted by atomic mass is 9.89. The van der Waals surface area contributed by atoms with Crippen molar-refractivity contribution in [2.75, 3.05) is 42.1 Å². The van der Waals surface area contributed by atoms with Gasteiger partial charge in [0.15, 0.2) is 23.0 Å². The number of hydrogen-bond donors (Lipinski definition) is 1. The van der Waals surface area contributed by atoms with Gasteiger partial charge >= 0.3 is 0 Å². The van der Waals surface area contributed by atoms with E-state index in [4.69, 9.17) is 33.2 Å². The fourth-order valence-corrected chi connectivity index (χ4v) is 5.59. The van der Waals surface area contributed by atoms with Crippen LogP contribution < -0.4 is 38.5 Å². The van der Waals surface area contributed by atoms with Crippen LogP contribution in [0.2, 0.25) is 0 Å². The first kappa shape index (κ1) is 29.9. The van der Waals surface area contributed by atoms with Gasteiger partial charge in [-0.2, -0.15) is 0 Å². The number of benzene rings is 4. The Bertz CT molecular complexity index is 1480. The van der Waals surface area contributed by atoms with Crippen LogP contribution in [0.5, 0.6) is 40.2 Å². The minimum Gasteiger partial charge on any atom is -0.492 e. The summed E-state index contributed by atoms with van der Waals surface area (Å²) < 4.78 is 41.6. The van der Waals surface area contributed by atoms with Gasteiger partial charge in [0.1, 0.15) is 13.2 Å². The molecular weight excluding hydrogens is 546 g/mol. The van der Waals surface area contributed by atoms with E-state index in [1.54, 1.807) is 35.5 Å². The Morgan fingerprint density at radius 2 is 1.07 bits per heavy atom. The second-order valence-electron chi connectivity index (χ2n) is 10.2. The molecule has 0 spiro atoms. The zero-order valence-electron chi connectivity index (χ0n) is 25.4. The summed E-state index contributed by atoms with van der Waals surface area (Å²) in [6.45, 7) is 1.67. The third kappa shape index (κ3) is 6.44. The van der Waals surface area contributed by atoms with E-state index >= 15 is 0 Å². The molecule has 0 amide bonds. The molecule has 0 radical (unpaired) electrons. The number of fused-ring (bicyclic) bond motifs is 1. The van der Waals surface area contributed by atoms with Crippen LogP contribution in [-0.4, -0.2) is 42.1 Å². The Morgan fingerprint density at radius 1 is 0.605 bits per heavy atom. The highest BCUT2D eigenvalue weighted by Crippen LogP contribution is 2.54. The van der Waals surface area contributed by atoms with Gasteiger partial charge in [0.05, 0.1) is 35.5 Å². The topological polar surface area (TPSA) is 76.6 Å². The maximum atomic E-state index is 6.41. The van der Waals surface area contributed by atoms with Crippen LogP contribution in [0.1, 0.15) is 33.9 Å². The minimum atomic E-state index is -0.0726. The first-order valence-corrected chi connectivity index (χ1v) is 14.3. The van der Waals surface area contributed by atoms with Crippen LogP contribution in [0, 0.1) is 0 Å². The third-order valence-corrected chi connectivity index (χ3v) is 7.64. The van der Waals surface area contributed by atoms with Crippen LogP contribution in [-0.2, 0) is 26.1 Å². The standard InChI is InChI=1S/C35H39NO7/c1-37-31-27(32(38-2)34(40-4)35(41-5)33(31)39-3)19-28-26-20-30(43-22-24-14-10-7-11-15-24)29(18-25(26)16-17-36-28)42-21-23-12-8-6-9-13-23/h6-15,18,20,28,36H,16-17,19,21-22H2,1-5H3. The Hall–Kier alpha value is -4.56. The summed E-state index contributed by atoms with van der Waals surface area (Å²) in [5.74, 6) is 3.80. The first-order chi connectivity index (χ1) is 21.1. The smallest absolute Gasteiger partial charge is 0.211 e. The normalized spacial score (nSPS) is 13.9. The van der Waals surface area contributed by atoms with Crippen LogP contribution in [0.4, 0.5) is 0 Å². The molecule has 1 aliphatic rings. The maximum absolute atomic E-state index is 6.41. The van der Waals surface area contributed by atoms with Gasteiger partial charge in [-0.3, -0.25) is 0 Å². The van der Waals surface area contributed by atoms with E-state index in [1.165, 1.54) is 5.56 Å². The molecule has 226 valence electrons. The molecule has 43 heavy (non-hydrogen) atoms. The lowest BCUT2D eigenvalue weighted by Crippen LogP contribution is -2.31. The summed E-state index contributed by atoms with van der Waals surface area (Å²) in [4.78, 5) is 0. The number of methoxy groups -OCH3 is 5. The molecule has 1 aliphatic heterocycles. The van der Waals surface area contributed by atoms with Gasteiger partial charge in [0.25, 0.3) is 0 Å². The quantitative estimate of drug-likeness (QED) is 0.196. The number of hydrogen-bond acceptors (Lipinski definition) is 8. The molecule has 8 heteroatoms. The molecule has 0 fully saturated rings. The molecule has 0 bridgehead atoms. The number of nitrogens with one attached hydrogen (secondary N) is 1. The fourth-order valence-electron chi connectivity index (χ4n) is 5.59. The first-order valence-electron chi connectivity index (χ1n) is 14.3. The monoisotopic (exact) mass is 585 g/mol. The Labute approximate surface area is 253 Å². The van der Waals surface area contributed by atoms with Gasteiger partial charge in [0.2, 0.25) is 17.2 Å². The zero-order chi connectivity index (χ0) is 30.2. The van der Waals surface area contributed by atoms with Gasteiger partial charge in [-0.15, -0.1) is 0 Å². The summed E-state index contributed by atoms with van der Waals surface area (Å²) in [7, 11) is 7.95. The summed E-state index contributed by atoms with van der Waals surface area (Å²) in [6, 6.07) is 24.4. The molecule has 1 atom stereocenters. The van der Waals surface area contributed by atoms with E-state index in [0.29, 0.717) is 54.1 Å². The largest absolute Gasteiger partial charge is 0.492 e. The highest BCUT2D eigenvalue weighted by molar-refractivity contribution is 5.70. The summed E-state index contributed by atoms with van der Waals surface area (Å²) in [5, 5.41) is 3.69. The van der Waals surface area contributed by atoms with Crippen LogP contribution in [0.3, 0.4) is 0 Å². The van der Waals surface area contributed by atoms with Gasteiger partial charge in [-0.25, -0.2) is 0 Å². The van der Waals surface area contributed by atoms with Gasteiger partial charge in [-0.1, -0.05) is 60.7 Å². The number of rotatable bonds is 13. The van der Waals surface area contributed by atoms with Crippen molar-refractivity contribution in [3.63, 3.8) is 0 Å². The van der Waals surface area contributed by atoms with Crippen molar-refractivity contribution in [1.29, 1.82) is 0 Å². The summed E-state index contributed by atoms with van der Waals surface area (Å²) in [6.07, 6.45) is 1.40. The lowest BCUT2D eigenvalue weighted by molar-refractivity contribution is 0.254. The molecule has 5 rings (SSSR count). The minimum absolute atomic E-state index is 0.0726. The average molecular weight is 586 g/mol. The van der Waals surface area contributed by atoms with E-state index in [1.807, 2.05) is 36.4 Å². The Kier molecular flexibility index (Phi) is 9.79. The second kappa shape index (κ2) is 14.1. The SMILES string of the molecule is COc1c(CC2NCCc3cc(OCc4ccccc4)c(OCc4ccccc4)cc32)c(OC)c(OC)c(OC)c1OC. The molecule has 1 heterocycles. The predicted octanol–water partition coefficient (Wildman–Crippen LogP) is 6.32. The summed E-state index contributed by atoms with van der Waals surface area (Å²) in [5.41, 5.74) is 5.30. The van der Waals surface area contributed by atoms with Crippen LogP contribution in [0.25, 0.3) is 0 Å².